The highest BCUT2D eigenvalue weighted by Gasteiger charge is 2.63. The third-order valence-electron chi connectivity index (χ3n) is 6.16. The predicted molar refractivity (Wildman–Crippen MR) is 107 cm³/mol. The topological polar surface area (TPSA) is 96.2 Å². The molecule has 0 unspecified atom stereocenters. The van der Waals surface area contributed by atoms with Crippen molar-refractivity contribution in [1.29, 1.82) is 0 Å². The minimum Gasteiger partial charge on any atom is -0.496 e. The summed E-state index contributed by atoms with van der Waals surface area (Å²) in [6.07, 6.45) is 0.896. The zero-order valence-corrected chi connectivity index (χ0v) is 16.3. The normalized spacial score (nSPS) is 26.2. The van der Waals surface area contributed by atoms with Crippen molar-refractivity contribution in [3.63, 3.8) is 0 Å². The highest BCUT2D eigenvalue weighted by atomic mass is 16.6. The third-order valence-corrected chi connectivity index (χ3v) is 6.16. The maximum atomic E-state index is 13.5. The molecule has 2 aromatic rings. The van der Waals surface area contributed by atoms with Gasteiger partial charge in [-0.05, 0) is 18.6 Å². The van der Waals surface area contributed by atoms with Crippen molar-refractivity contribution in [1.82, 2.24) is 10.0 Å². The van der Waals surface area contributed by atoms with Crippen LogP contribution in [-0.2, 0) is 9.59 Å². The zero-order valence-electron chi connectivity index (χ0n) is 16.3. The molecule has 9 nitrogen and oxygen atoms in total. The number of carbonyl (C=O) groups excluding carboxylic acids is 2. The Morgan fingerprint density at radius 3 is 2.47 bits per heavy atom. The van der Waals surface area contributed by atoms with Crippen LogP contribution in [0.3, 0.4) is 0 Å². The monoisotopic (exact) mass is 408 g/mol. The number of imide groups is 1. The Balaban J connectivity index is 1.60. The highest BCUT2D eigenvalue weighted by molar-refractivity contribution is 6.24. The number of ether oxygens (including phenoxy) is 1. The lowest BCUT2D eigenvalue weighted by Gasteiger charge is -2.30. The van der Waals surface area contributed by atoms with Crippen LogP contribution >= 0.6 is 0 Å². The fraction of sp³-hybridized carbons (Fsp3) is 0.333. The molecule has 0 aliphatic carbocycles. The molecule has 0 saturated carbocycles. The minimum absolute atomic E-state index is 0.158. The van der Waals surface area contributed by atoms with Crippen molar-refractivity contribution in [2.75, 3.05) is 25.1 Å². The molecule has 2 aromatic carbocycles. The standard InChI is InChI=1S/C21H20N4O5/c1-30-16-9-3-2-8-15(16)18-17-19(23-11-5-10-22(18)23)21(27)24(20(17)26)13-6-4-7-14(12-13)25(28)29/h2-4,6-9,12,17-19H,5,10-11H2,1H3/t17-,18+,19-/m1/s1. The average molecular weight is 408 g/mol. The molecule has 0 spiro atoms. The summed E-state index contributed by atoms with van der Waals surface area (Å²) in [5.74, 6) is -0.608. The molecule has 3 saturated heterocycles. The van der Waals surface area contributed by atoms with Gasteiger partial charge in [-0.2, -0.15) is 0 Å². The van der Waals surface area contributed by atoms with Gasteiger partial charge in [0, 0.05) is 30.8 Å². The van der Waals surface area contributed by atoms with Gasteiger partial charge in [0.2, 0.25) is 5.91 Å². The molecule has 2 amide bonds. The lowest BCUT2D eigenvalue weighted by molar-refractivity contribution is -0.384. The van der Waals surface area contributed by atoms with Crippen molar-refractivity contribution in [2.45, 2.75) is 18.5 Å². The third kappa shape index (κ3) is 2.55. The van der Waals surface area contributed by atoms with Gasteiger partial charge in [-0.25, -0.2) is 14.9 Å². The number of nitro benzene ring substituents is 1. The van der Waals surface area contributed by atoms with E-state index in [1.165, 1.54) is 18.2 Å². The van der Waals surface area contributed by atoms with E-state index in [0.29, 0.717) is 12.3 Å². The summed E-state index contributed by atoms with van der Waals surface area (Å²) in [6.45, 7) is 1.45. The second-order valence-corrected chi connectivity index (χ2v) is 7.63. The Morgan fingerprint density at radius 2 is 1.73 bits per heavy atom. The second kappa shape index (κ2) is 6.89. The van der Waals surface area contributed by atoms with Gasteiger partial charge < -0.3 is 4.74 Å². The number of nitrogens with zero attached hydrogens (tertiary/aromatic N) is 4. The average Bonchev–Trinajstić information content (AvgIpc) is 3.40. The van der Waals surface area contributed by atoms with Crippen LogP contribution in [0.5, 0.6) is 5.75 Å². The van der Waals surface area contributed by atoms with Crippen LogP contribution in [-0.4, -0.2) is 53.0 Å². The number of fused-ring (bicyclic) bond motifs is 3. The van der Waals surface area contributed by atoms with Crippen molar-refractivity contribution in [3.8, 4) is 5.75 Å². The maximum absolute atomic E-state index is 13.5. The molecule has 9 heteroatoms. The first-order chi connectivity index (χ1) is 14.5. The smallest absolute Gasteiger partial charge is 0.271 e. The number of benzene rings is 2. The van der Waals surface area contributed by atoms with E-state index in [9.17, 15) is 19.7 Å². The number of hydrogen-bond acceptors (Lipinski definition) is 7. The lowest BCUT2D eigenvalue weighted by Crippen LogP contribution is -2.44. The SMILES string of the molecule is COc1ccccc1[C@H]1[C@H]2C(=O)N(c3cccc([N+](=O)[O-])c3)C(=O)[C@@H]2N2CCCN12. The summed E-state index contributed by atoms with van der Waals surface area (Å²) in [6, 6.07) is 12.3. The first-order valence-electron chi connectivity index (χ1n) is 9.81. The molecule has 154 valence electrons. The largest absolute Gasteiger partial charge is 0.496 e. The fourth-order valence-corrected chi connectivity index (χ4v) is 5.00. The molecule has 30 heavy (non-hydrogen) atoms. The van der Waals surface area contributed by atoms with Gasteiger partial charge in [-0.3, -0.25) is 19.7 Å². The first kappa shape index (κ1) is 18.7. The summed E-state index contributed by atoms with van der Waals surface area (Å²) in [7, 11) is 1.59. The van der Waals surface area contributed by atoms with E-state index in [2.05, 4.69) is 5.01 Å². The number of hydrogen-bond donors (Lipinski definition) is 0. The van der Waals surface area contributed by atoms with Gasteiger partial charge in [0.05, 0.1) is 29.7 Å². The second-order valence-electron chi connectivity index (χ2n) is 7.63. The van der Waals surface area contributed by atoms with Crippen LogP contribution in [0, 0.1) is 16.0 Å². The Hall–Kier alpha value is -3.30. The number of carbonyl (C=O) groups is 2. The summed E-state index contributed by atoms with van der Waals surface area (Å²) < 4.78 is 5.54. The van der Waals surface area contributed by atoms with Crippen molar-refractivity contribution < 1.29 is 19.2 Å². The van der Waals surface area contributed by atoms with E-state index >= 15 is 0 Å². The van der Waals surface area contributed by atoms with E-state index < -0.39 is 16.9 Å². The number of hydrazine groups is 1. The van der Waals surface area contributed by atoms with E-state index in [4.69, 9.17) is 4.74 Å². The van der Waals surface area contributed by atoms with Crippen LogP contribution in [0.25, 0.3) is 0 Å². The highest BCUT2D eigenvalue weighted by Crippen LogP contribution is 2.50. The van der Waals surface area contributed by atoms with Crippen LogP contribution in [0.1, 0.15) is 18.0 Å². The number of nitro groups is 1. The Labute approximate surface area is 172 Å². The van der Waals surface area contributed by atoms with E-state index in [1.54, 1.807) is 13.2 Å². The van der Waals surface area contributed by atoms with Gasteiger partial charge in [0.25, 0.3) is 11.6 Å². The van der Waals surface area contributed by atoms with Crippen LogP contribution in [0.4, 0.5) is 11.4 Å². The number of rotatable bonds is 4. The van der Waals surface area contributed by atoms with Crippen LogP contribution < -0.4 is 9.64 Å². The van der Waals surface area contributed by atoms with Gasteiger partial charge >= 0.3 is 0 Å². The van der Waals surface area contributed by atoms with Crippen LogP contribution in [0.15, 0.2) is 48.5 Å². The molecular formula is C21H20N4O5. The predicted octanol–water partition coefficient (Wildman–Crippen LogP) is 2.14. The summed E-state index contributed by atoms with van der Waals surface area (Å²) in [5, 5.41) is 15.3. The van der Waals surface area contributed by atoms with Crippen molar-refractivity contribution in [2.24, 2.45) is 5.92 Å². The van der Waals surface area contributed by atoms with E-state index in [1.807, 2.05) is 29.3 Å². The molecule has 3 atom stereocenters. The molecule has 0 radical (unpaired) electrons. The Morgan fingerprint density at radius 1 is 1.00 bits per heavy atom. The maximum Gasteiger partial charge on any atom is 0.271 e. The molecule has 0 aromatic heterocycles. The number of non-ortho nitro benzene ring substituents is 1. The number of para-hydroxylation sites is 1. The lowest BCUT2D eigenvalue weighted by atomic mass is 9.89. The minimum atomic E-state index is -0.617. The van der Waals surface area contributed by atoms with Gasteiger partial charge in [0.1, 0.15) is 11.8 Å². The van der Waals surface area contributed by atoms with Gasteiger partial charge in [0.15, 0.2) is 0 Å². The molecular weight excluding hydrogens is 388 g/mol. The summed E-state index contributed by atoms with van der Waals surface area (Å²) >= 11 is 0. The van der Waals surface area contributed by atoms with Crippen molar-refractivity contribution >= 4 is 23.2 Å². The first-order valence-corrected chi connectivity index (χ1v) is 9.81. The molecule has 0 N–H and O–H groups in total. The van der Waals surface area contributed by atoms with Crippen molar-refractivity contribution in [3.05, 3.63) is 64.2 Å². The van der Waals surface area contributed by atoms with E-state index in [0.717, 1.165) is 23.4 Å². The van der Waals surface area contributed by atoms with Crippen LogP contribution in [0.2, 0.25) is 0 Å². The molecule has 0 bridgehead atoms. The zero-order chi connectivity index (χ0) is 21.0. The molecule has 5 rings (SSSR count). The number of amides is 2. The number of methoxy groups -OCH3 is 1. The summed E-state index contributed by atoms with van der Waals surface area (Å²) in [5.41, 5.74) is 0.939. The van der Waals surface area contributed by atoms with Gasteiger partial charge in [-0.1, -0.05) is 24.3 Å². The summed E-state index contributed by atoms with van der Waals surface area (Å²) in [4.78, 5) is 38.7. The quantitative estimate of drug-likeness (QED) is 0.434. The molecule has 3 fully saturated rings. The van der Waals surface area contributed by atoms with Gasteiger partial charge in [-0.15, -0.1) is 0 Å². The molecule has 3 aliphatic heterocycles. The molecule has 3 aliphatic rings. The van der Waals surface area contributed by atoms with E-state index in [-0.39, 0.29) is 29.2 Å². The Bertz CT molecular complexity index is 1060. The Kier molecular flexibility index (Phi) is 4.30. The number of anilines is 1. The fourth-order valence-electron chi connectivity index (χ4n) is 5.00. The molecule has 3 heterocycles.